The molecule has 1 saturated carbocycles. The first kappa shape index (κ1) is 15.9. The number of carbonyl (C=O) groups excluding carboxylic acids is 2. The van der Waals surface area contributed by atoms with Gasteiger partial charge in [0.25, 0.3) is 5.91 Å². The second-order valence-corrected chi connectivity index (χ2v) is 7.08. The molecule has 1 aromatic rings. The van der Waals surface area contributed by atoms with Crippen LogP contribution in [0.1, 0.15) is 56.7 Å². The van der Waals surface area contributed by atoms with E-state index in [1.165, 1.54) is 11.4 Å². The summed E-state index contributed by atoms with van der Waals surface area (Å²) in [6, 6.07) is 1.80. The number of nitrogens with one attached hydrogen (secondary N) is 1. The first-order valence-corrected chi connectivity index (χ1v) is 8.37. The topological polar surface area (TPSA) is 75.2 Å². The standard InChI is InChI=1S/C17H24N4O2/c1-11-9-14(19-18-12(11)2)21-16(23)17(3,10-15(22)20-21)13-7-5-4-6-8-13/h9,13H,4-8,10H2,1-3H3,(H,20,22). The zero-order chi connectivity index (χ0) is 16.6. The Bertz CT molecular complexity index is 639. The normalized spacial score (nSPS) is 26.3. The second kappa shape index (κ2) is 5.91. The van der Waals surface area contributed by atoms with Crippen molar-refractivity contribution in [1.82, 2.24) is 15.6 Å². The van der Waals surface area contributed by atoms with Gasteiger partial charge in [-0.05, 0) is 51.2 Å². The van der Waals surface area contributed by atoms with Crippen LogP contribution in [0.4, 0.5) is 5.82 Å². The number of hydrogen-bond donors (Lipinski definition) is 1. The third kappa shape index (κ3) is 2.82. The van der Waals surface area contributed by atoms with Crippen LogP contribution >= 0.6 is 0 Å². The highest BCUT2D eigenvalue weighted by Crippen LogP contribution is 2.44. The van der Waals surface area contributed by atoms with Crippen LogP contribution < -0.4 is 10.4 Å². The van der Waals surface area contributed by atoms with Crippen LogP contribution in [0, 0.1) is 25.2 Å². The van der Waals surface area contributed by atoms with Gasteiger partial charge in [-0.25, -0.2) is 5.01 Å². The lowest BCUT2D eigenvalue weighted by atomic mass is 9.66. The molecule has 1 saturated heterocycles. The summed E-state index contributed by atoms with van der Waals surface area (Å²) in [5.74, 6) is 0.462. The Kier molecular flexibility index (Phi) is 4.08. The zero-order valence-electron chi connectivity index (χ0n) is 14.1. The summed E-state index contributed by atoms with van der Waals surface area (Å²) < 4.78 is 0. The van der Waals surface area contributed by atoms with Crippen molar-refractivity contribution in [3.63, 3.8) is 0 Å². The molecule has 23 heavy (non-hydrogen) atoms. The molecule has 2 aliphatic rings. The Labute approximate surface area is 136 Å². The van der Waals surface area contributed by atoms with Crippen LogP contribution in [-0.2, 0) is 9.59 Å². The molecule has 2 fully saturated rings. The molecule has 0 bridgehead atoms. The fraction of sp³-hybridized carbons (Fsp3) is 0.647. The van der Waals surface area contributed by atoms with E-state index in [0.717, 1.165) is 36.9 Å². The minimum Gasteiger partial charge on any atom is -0.273 e. The Hall–Kier alpha value is -1.98. The maximum absolute atomic E-state index is 13.1. The van der Waals surface area contributed by atoms with Gasteiger partial charge in [0.05, 0.1) is 11.1 Å². The van der Waals surface area contributed by atoms with Gasteiger partial charge in [0.1, 0.15) is 0 Å². The third-order valence-electron chi connectivity index (χ3n) is 5.41. The van der Waals surface area contributed by atoms with Crippen LogP contribution in [0.25, 0.3) is 0 Å². The molecule has 6 nitrogen and oxygen atoms in total. The molecule has 2 heterocycles. The van der Waals surface area contributed by atoms with Gasteiger partial charge in [-0.15, -0.1) is 5.10 Å². The number of carbonyl (C=O) groups is 2. The van der Waals surface area contributed by atoms with Gasteiger partial charge >= 0.3 is 0 Å². The van der Waals surface area contributed by atoms with E-state index in [4.69, 9.17) is 0 Å². The first-order chi connectivity index (χ1) is 10.9. The molecule has 1 aliphatic heterocycles. The highest BCUT2D eigenvalue weighted by Gasteiger charge is 2.49. The highest BCUT2D eigenvalue weighted by molar-refractivity contribution is 6.04. The summed E-state index contributed by atoms with van der Waals surface area (Å²) in [5.41, 5.74) is 3.78. The Balaban J connectivity index is 1.93. The third-order valence-corrected chi connectivity index (χ3v) is 5.41. The van der Waals surface area contributed by atoms with Gasteiger partial charge in [-0.1, -0.05) is 19.3 Å². The molecule has 1 aliphatic carbocycles. The quantitative estimate of drug-likeness (QED) is 0.909. The number of aromatic nitrogens is 2. The fourth-order valence-electron chi connectivity index (χ4n) is 3.74. The van der Waals surface area contributed by atoms with Crippen molar-refractivity contribution in [1.29, 1.82) is 0 Å². The Morgan fingerprint density at radius 1 is 1.17 bits per heavy atom. The average Bonchev–Trinajstić information content (AvgIpc) is 2.54. The van der Waals surface area contributed by atoms with E-state index in [1.807, 2.05) is 20.8 Å². The zero-order valence-corrected chi connectivity index (χ0v) is 14.1. The molecule has 6 heteroatoms. The van der Waals surface area contributed by atoms with Gasteiger partial charge in [-0.3, -0.25) is 15.0 Å². The molecule has 0 spiro atoms. The molecule has 1 N–H and O–H groups in total. The lowest BCUT2D eigenvalue weighted by molar-refractivity contribution is -0.144. The lowest BCUT2D eigenvalue weighted by Crippen LogP contribution is -2.61. The smallest absolute Gasteiger partial charge is 0.253 e. The molecule has 124 valence electrons. The van der Waals surface area contributed by atoms with Crippen molar-refractivity contribution < 1.29 is 9.59 Å². The molecular formula is C17H24N4O2. The number of rotatable bonds is 2. The summed E-state index contributed by atoms with van der Waals surface area (Å²) >= 11 is 0. The molecule has 3 rings (SSSR count). The molecule has 0 radical (unpaired) electrons. The van der Waals surface area contributed by atoms with Crippen LogP contribution in [0.3, 0.4) is 0 Å². The van der Waals surface area contributed by atoms with E-state index in [1.54, 1.807) is 6.07 Å². The summed E-state index contributed by atoms with van der Waals surface area (Å²) in [6.07, 6.45) is 5.78. The first-order valence-electron chi connectivity index (χ1n) is 8.37. The van der Waals surface area contributed by atoms with E-state index >= 15 is 0 Å². The summed E-state index contributed by atoms with van der Waals surface area (Å²) in [5, 5.41) is 9.48. The number of nitrogens with zero attached hydrogens (tertiary/aromatic N) is 3. The average molecular weight is 316 g/mol. The Morgan fingerprint density at radius 3 is 2.52 bits per heavy atom. The van der Waals surface area contributed by atoms with Crippen LogP contribution in [0.15, 0.2) is 6.07 Å². The summed E-state index contributed by atoms with van der Waals surface area (Å²) in [7, 11) is 0. The molecular weight excluding hydrogens is 292 g/mol. The number of hydrazine groups is 1. The predicted octanol–water partition coefficient (Wildman–Crippen LogP) is 2.45. The van der Waals surface area contributed by atoms with Gasteiger partial charge in [0, 0.05) is 6.42 Å². The van der Waals surface area contributed by atoms with Crippen molar-refractivity contribution >= 4 is 17.6 Å². The van der Waals surface area contributed by atoms with Crippen molar-refractivity contribution in [3.8, 4) is 0 Å². The van der Waals surface area contributed by atoms with E-state index in [0.29, 0.717) is 5.82 Å². The fourth-order valence-corrected chi connectivity index (χ4v) is 3.74. The molecule has 1 atom stereocenters. The lowest BCUT2D eigenvalue weighted by Gasteiger charge is -2.44. The predicted molar refractivity (Wildman–Crippen MR) is 86.4 cm³/mol. The molecule has 1 unspecified atom stereocenters. The molecule has 2 amide bonds. The van der Waals surface area contributed by atoms with Crippen molar-refractivity contribution in [2.45, 2.75) is 59.3 Å². The van der Waals surface area contributed by atoms with Gasteiger partial charge in [0.15, 0.2) is 5.82 Å². The van der Waals surface area contributed by atoms with E-state index in [2.05, 4.69) is 15.6 Å². The largest absolute Gasteiger partial charge is 0.273 e. The minimum absolute atomic E-state index is 0.0680. The molecule has 1 aromatic heterocycles. The maximum atomic E-state index is 13.1. The number of anilines is 1. The SMILES string of the molecule is Cc1cc(N2NC(=O)CC(C)(C3CCCCC3)C2=O)nnc1C. The van der Waals surface area contributed by atoms with Crippen LogP contribution in [0.2, 0.25) is 0 Å². The van der Waals surface area contributed by atoms with E-state index < -0.39 is 5.41 Å². The van der Waals surface area contributed by atoms with E-state index in [9.17, 15) is 9.59 Å². The van der Waals surface area contributed by atoms with Crippen LogP contribution in [0.5, 0.6) is 0 Å². The summed E-state index contributed by atoms with van der Waals surface area (Å²) in [4.78, 5) is 25.4. The molecule has 0 aromatic carbocycles. The van der Waals surface area contributed by atoms with Crippen molar-refractivity contribution in [3.05, 3.63) is 17.3 Å². The number of amides is 2. The number of aryl methyl sites for hydroxylation is 2. The summed E-state index contributed by atoms with van der Waals surface area (Å²) in [6.45, 7) is 5.73. The highest BCUT2D eigenvalue weighted by atomic mass is 16.2. The number of hydrogen-bond acceptors (Lipinski definition) is 4. The van der Waals surface area contributed by atoms with Crippen LogP contribution in [-0.4, -0.2) is 22.0 Å². The second-order valence-electron chi connectivity index (χ2n) is 7.08. The van der Waals surface area contributed by atoms with Gasteiger partial charge < -0.3 is 0 Å². The monoisotopic (exact) mass is 316 g/mol. The van der Waals surface area contributed by atoms with Gasteiger partial charge in [-0.2, -0.15) is 5.10 Å². The van der Waals surface area contributed by atoms with Crippen molar-refractivity contribution in [2.24, 2.45) is 11.3 Å². The van der Waals surface area contributed by atoms with Crippen molar-refractivity contribution in [2.75, 3.05) is 5.01 Å². The maximum Gasteiger partial charge on any atom is 0.253 e. The Morgan fingerprint density at radius 2 is 1.87 bits per heavy atom. The van der Waals surface area contributed by atoms with E-state index in [-0.39, 0.29) is 24.2 Å². The minimum atomic E-state index is -0.650. The van der Waals surface area contributed by atoms with Gasteiger partial charge in [0.2, 0.25) is 5.91 Å².